The number of carbonyl (C=O) groups is 1. The van der Waals surface area contributed by atoms with E-state index in [2.05, 4.69) is 10.2 Å². The second-order valence-corrected chi connectivity index (χ2v) is 5.61. The van der Waals surface area contributed by atoms with Crippen LogP contribution < -0.4 is 4.74 Å². The van der Waals surface area contributed by atoms with Crippen molar-refractivity contribution in [3.05, 3.63) is 96.8 Å². The van der Waals surface area contributed by atoms with Crippen molar-refractivity contribution in [3.63, 3.8) is 0 Å². The van der Waals surface area contributed by atoms with Crippen LogP contribution in [-0.2, 0) is 0 Å². The van der Waals surface area contributed by atoms with Crippen LogP contribution >= 0.6 is 0 Å². The molecule has 0 saturated carbocycles. The minimum atomic E-state index is -0.413. The normalized spacial score (nSPS) is 10.5. The maximum atomic E-state index is 12.4. The summed E-state index contributed by atoms with van der Waals surface area (Å²) in [6.07, 6.45) is 1.64. The third-order valence-electron chi connectivity index (χ3n) is 3.92. The summed E-state index contributed by atoms with van der Waals surface area (Å²) in [5.74, 6) is 0.628. The van der Waals surface area contributed by atoms with E-state index in [-0.39, 0.29) is 0 Å². The zero-order valence-corrected chi connectivity index (χ0v) is 13.8. The predicted molar refractivity (Wildman–Crippen MR) is 98.2 cm³/mol. The number of hydrogen-bond acceptors (Lipinski definition) is 4. The summed E-state index contributed by atoms with van der Waals surface area (Å²) >= 11 is 0. The average Bonchev–Trinajstić information content (AvgIpc) is 3.19. The minimum absolute atomic E-state index is 0.413. The highest BCUT2D eigenvalue weighted by atomic mass is 16.5. The van der Waals surface area contributed by atoms with Crippen LogP contribution in [0.25, 0.3) is 17.1 Å². The van der Waals surface area contributed by atoms with E-state index < -0.39 is 5.97 Å². The fraction of sp³-hybridized carbons (Fsp3) is 0. The zero-order valence-electron chi connectivity index (χ0n) is 13.8. The molecule has 0 aliphatic rings. The van der Waals surface area contributed by atoms with E-state index in [0.717, 1.165) is 5.69 Å². The Kier molecular flexibility index (Phi) is 4.26. The standard InChI is InChI=1S/C21H15N3O2/c25-21(16-9-3-1-4-10-16)26-19-14-8-7-13-18(19)20-23-22-15-24(20)17-11-5-2-6-12-17/h1-15H. The van der Waals surface area contributed by atoms with Gasteiger partial charge in [0.25, 0.3) is 0 Å². The molecule has 0 unspecified atom stereocenters. The lowest BCUT2D eigenvalue weighted by Gasteiger charge is -2.11. The Morgan fingerprint density at radius 1 is 0.808 bits per heavy atom. The van der Waals surface area contributed by atoms with E-state index >= 15 is 0 Å². The molecule has 0 aliphatic carbocycles. The molecule has 3 aromatic carbocycles. The van der Waals surface area contributed by atoms with Crippen LogP contribution in [-0.4, -0.2) is 20.7 Å². The molecule has 0 radical (unpaired) electrons. The molecule has 0 aliphatic heterocycles. The van der Waals surface area contributed by atoms with E-state index in [1.807, 2.05) is 59.2 Å². The van der Waals surface area contributed by atoms with Gasteiger partial charge in [-0.3, -0.25) is 4.57 Å². The Morgan fingerprint density at radius 2 is 1.46 bits per heavy atom. The van der Waals surface area contributed by atoms with Gasteiger partial charge in [-0.2, -0.15) is 0 Å². The van der Waals surface area contributed by atoms with Crippen molar-refractivity contribution in [2.45, 2.75) is 0 Å². The Labute approximate surface area is 150 Å². The number of benzene rings is 3. The van der Waals surface area contributed by atoms with Gasteiger partial charge in [0.1, 0.15) is 12.1 Å². The molecule has 0 fully saturated rings. The predicted octanol–water partition coefficient (Wildman–Crippen LogP) is 4.15. The third-order valence-corrected chi connectivity index (χ3v) is 3.92. The molecule has 126 valence electrons. The van der Waals surface area contributed by atoms with Gasteiger partial charge in [-0.25, -0.2) is 4.79 Å². The molecule has 1 aromatic heterocycles. The minimum Gasteiger partial charge on any atom is -0.422 e. The van der Waals surface area contributed by atoms with Gasteiger partial charge in [-0.15, -0.1) is 10.2 Å². The lowest BCUT2D eigenvalue weighted by atomic mass is 10.1. The summed E-state index contributed by atoms with van der Waals surface area (Å²) < 4.78 is 7.48. The largest absolute Gasteiger partial charge is 0.422 e. The van der Waals surface area contributed by atoms with Crippen molar-refractivity contribution < 1.29 is 9.53 Å². The highest BCUT2D eigenvalue weighted by molar-refractivity contribution is 5.91. The van der Waals surface area contributed by atoms with Gasteiger partial charge in [0.15, 0.2) is 5.82 Å². The van der Waals surface area contributed by atoms with Crippen molar-refractivity contribution >= 4 is 5.97 Å². The highest BCUT2D eigenvalue weighted by Crippen LogP contribution is 2.30. The summed E-state index contributed by atoms with van der Waals surface area (Å²) in [7, 11) is 0. The summed E-state index contributed by atoms with van der Waals surface area (Å²) in [5, 5.41) is 8.25. The second-order valence-electron chi connectivity index (χ2n) is 5.61. The van der Waals surface area contributed by atoms with Gasteiger partial charge in [0.2, 0.25) is 0 Å². The highest BCUT2D eigenvalue weighted by Gasteiger charge is 2.16. The first-order chi connectivity index (χ1) is 12.8. The summed E-state index contributed by atoms with van der Waals surface area (Å²) in [6.45, 7) is 0. The van der Waals surface area contributed by atoms with Crippen LogP contribution in [0, 0.1) is 0 Å². The van der Waals surface area contributed by atoms with Crippen LogP contribution in [0.15, 0.2) is 91.3 Å². The Hall–Kier alpha value is -3.73. The van der Waals surface area contributed by atoms with E-state index in [1.165, 1.54) is 0 Å². The maximum Gasteiger partial charge on any atom is 0.343 e. The topological polar surface area (TPSA) is 57.0 Å². The molecular formula is C21H15N3O2. The van der Waals surface area contributed by atoms with Gasteiger partial charge in [-0.05, 0) is 36.4 Å². The summed E-state index contributed by atoms with van der Waals surface area (Å²) in [5.41, 5.74) is 2.11. The van der Waals surface area contributed by atoms with Gasteiger partial charge in [0.05, 0.1) is 11.1 Å². The number of hydrogen-bond donors (Lipinski definition) is 0. The van der Waals surface area contributed by atoms with E-state index in [1.54, 1.807) is 36.7 Å². The number of rotatable bonds is 4. The number of carbonyl (C=O) groups excluding carboxylic acids is 1. The lowest BCUT2D eigenvalue weighted by Crippen LogP contribution is -2.09. The smallest absolute Gasteiger partial charge is 0.343 e. The fourth-order valence-electron chi connectivity index (χ4n) is 2.67. The first kappa shape index (κ1) is 15.8. The fourth-order valence-corrected chi connectivity index (χ4v) is 2.67. The van der Waals surface area contributed by atoms with Gasteiger partial charge >= 0.3 is 5.97 Å². The molecule has 1 heterocycles. The monoisotopic (exact) mass is 341 g/mol. The molecule has 5 nitrogen and oxygen atoms in total. The first-order valence-electron chi connectivity index (χ1n) is 8.15. The number of para-hydroxylation sites is 2. The van der Waals surface area contributed by atoms with Crippen LogP contribution in [0.1, 0.15) is 10.4 Å². The van der Waals surface area contributed by atoms with Crippen molar-refractivity contribution in [2.24, 2.45) is 0 Å². The second kappa shape index (κ2) is 7.03. The molecule has 0 bridgehead atoms. The molecule has 0 atom stereocenters. The Bertz CT molecular complexity index is 1030. The number of ether oxygens (including phenoxy) is 1. The van der Waals surface area contributed by atoms with E-state index in [0.29, 0.717) is 22.7 Å². The number of esters is 1. The molecule has 0 N–H and O–H groups in total. The molecule has 4 rings (SSSR count). The third kappa shape index (κ3) is 3.10. The van der Waals surface area contributed by atoms with E-state index in [9.17, 15) is 4.79 Å². The van der Waals surface area contributed by atoms with Crippen molar-refractivity contribution in [1.82, 2.24) is 14.8 Å². The maximum absolute atomic E-state index is 12.4. The van der Waals surface area contributed by atoms with Crippen molar-refractivity contribution in [1.29, 1.82) is 0 Å². The molecule has 0 spiro atoms. The van der Waals surface area contributed by atoms with Gasteiger partial charge in [0, 0.05) is 5.69 Å². The molecule has 5 heteroatoms. The van der Waals surface area contributed by atoms with Crippen LogP contribution in [0.5, 0.6) is 5.75 Å². The summed E-state index contributed by atoms with van der Waals surface area (Å²) in [4.78, 5) is 12.4. The van der Waals surface area contributed by atoms with E-state index in [4.69, 9.17) is 4.74 Å². The van der Waals surface area contributed by atoms with Crippen LogP contribution in [0.4, 0.5) is 0 Å². The van der Waals surface area contributed by atoms with Gasteiger partial charge in [-0.1, -0.05) is 48.5 Å². The molecule has 0 amide bonds. The van der Waals surface area contributed by atoms with Crippen LogP contribution in [0.3, 0.4) is 0 Å². The van der Waals surface area contributed by atoms with Gasteiger partial charge < -0.3 is 4.74 Å². The Morgan fingerprint density at radius 3 is 2.23 bits per heavy atom. The lowest BCUT2D eigenvalue weighted by molar-refractivity contribution is 0.0735. The molecular weight excluding hydrogens is 326 g/mol. The molecule has 26 heavy (non-hydrogen) atoms. The average molecular weight is 341 g/mol. The molecule has 0 saturated heterocycles. The summed E-state index contributed by atoms with van der Waals surface area (Å²) in [6, 6.07) is 26.0. The first-order valence-corrected chi connectivity index (χ1v) is 8.15. The SMILES string of the molecule is O=C(Oc1ccccc1-c1nncn1-c1ccccc1)c1ccccc1. The van der Waals surface area contributed by atoms with Crippen molar-refractivity contribution in [3.8, 4) is 22.8 Å². The zero-order chi connectivity index (χ0) is 17.8. The quantitative estimate of drug-likeness (QED) is 0.413. The number of nitrogens with zero attached hydrogens (tertiary/aromatic N) is 3. The van der Waals surface area contributed by atoms with Crippen LogP contribution in [0.2, 0.25) is 0 Å². The van der Waals surface area contributed by atoms with Crippen molar-refractivity contribution in [2.75, 3.05) is 0 Å². The number of aromatic nitrogens is 3. The molecule has 4 aromatic rings. The Balaban J connectivity index is 1.72.